The van der Waals surface area contributed by atoms with Crippen LogP contribution in [0.5, 0.6) is 0 Å². The Kier molecular flexibility index (Phi) is 4.60. The largest absolute Gasteiger partial charge is 0.480 e. The predicted molar refractivity (Wildman–Crippen MR) is 63.9 cm³/mol. The zero-order valence-electron chi connectivity index (χ0n) is 10.1. The van der Waals surface area contributed by atoms with Crippen molar-refractivity contribution in [2.75, 3.05) is 38.6 Å². The van der Waals surface area contributed by atoms with Crippen molar-refractivity contribution >= 4 is 11.8 Å². The molecule has 1 aromatic heterocycles. The van der Waals surface area contributed by atoms with E-state index in [2.05, 4.69) is 10.2 Å². The Morgan fingerprint density at radius 1 is 1.33 bits per heavy atom. The van der Waals surface area contributed by atoms with E-state index in [0.717, 1.165) is 0 Å². The third kappa shape index (κ3) is 4.01. The summed E-state index contributed by atoms with van der Waals surface area (Å²) < 4.78 is 0. The van der Waals surface area contributed by atoms with Gasteiger partial charge in [-0.2, -0.15) is 0 Å². The van der Waals surface area contributed by atoms with Gasteiger partial charge >= 0.3 is 11.7 Å². The van der Waals surface area contributed by atoms with Gasteiger partial charge in [-0.15, -0.1) is 5.10 Å². The third-order valence-corrected chi connectivity index (χ3v) is 2.14. The van der Waals surface area contributed by atoms with Crippen LogP contribution in [0.4, 0.5) is 5.82 Å². The Morgan fingerprint density at radius 2 is 2.00 bits per heavy atom. The average Bonchev–Trinajstić information content (AvgIpc) is 2.24. The van der Waals surface area contributed by atoms with Crippen LogP contribution in [-0.4, -0.2) is 64.9 Å². The number of carboxylic acids is 1. The average molecular weight is 257 g/mol. The number of carbonyl (C=O) groups is 1. The highest BCUT2D eigenvalue weighted by Gasteiger charge is 2.16. The van der Waals surface area contributed by atoms with Gasteiger partial charge in [-0.25, -0.2) is 9.89 Å². The predicted octanol–water partition coefficient (Wildman–Crippen LogP) is -2.09. The lowest BCUT2D eigenvalue weighted by molar-refractivity contribution is -0.135. The van der Waals surface area contributed by atoms with E-state index in [1.165, 1.54) is 4.90 Å². The van der Waals surface area contributed by atoms with Crippen molar-refractivity contribution in [3.63, 3.8) is 0 Å². The summed E-state index contributed by atoms with van der Waals surface area (Å²) in [7, 11) is 3.65. The molecule has 0 aliphatic heterocycles. The van der Waals surface area contributed by atoms with Gasteiger partial charge in [0.1, 0.15) is 6.54 Å². The maximum atomic E-state index is 11.5. The molecule has 0 aromatic carbocycles. The fourth-order valence-electron chi connectivity index (χ4n) is 1.30. The van der Waals surface area contributed by atoms with Crippen LogP contribution in [-0.2, 0) is 4.79 Å². The Hall–Kier alpha value is -2.16. The van der Waals surface area contributed by atoms with Crippen molar-refractivity contribution in [2.24, 2.45) is 0 Å². The molecule has 0 unspecified atom stereocenters. The number of anilines is 1. The molecule has 0 aliphatic rings. The van der Waals surface area contributed by atoms with Gasteiger partial charge in [0.25, 0.3) is 5.56 Å². The Labute approximate surface area is 102 Å². The minimum absolute atomic E-state index is 0.112. The van der Waals surface area contributed by atoms with Crippen LogP contribution in [0.15, 0.2) is 9.59 Å². The number of hydrogen-bond acceptors (Lipinski definition) is 6. The van der Waals surface area contributed by atoms with Gasteiger partial charge < -0.3 is 14.9 Å². The summed E-state index contributed by atoms with van der Waals surface area (Å²) >= 11 is 0. The van der Waals surface area contributed by atoms with E-state index in [1.54, 1.807) is 0 Å². The molecule has 0 spiro atoms. The number of carboxylic acid groups (broad SMARTS) is 1. The SMILES string of the molecule is CN(C)CCN(CC(=O)O)c1n[nH]c(=O)[nH]c1=O. The zero-order valence-corrected chi connectivity index (χ0v) is 10.1. The van der Waals surface area contributed by atoms with Gasteiger partial charge in [0.15, 0.2) is 0 Å². The first-order valence-electron chi connectivity index (χ1n) is 5.20. The van der Waals surface area contributed by atoms with Gasteiger partial charge in [0.2, 0.25) is 5.82 Å². The minimum atomic E-state index is -1.08. The van der Waals surface area contributed by atoms with Crippen LogP contribution in [0.1, 0.15) is 0 Å². The number of aromatic amines is 2. The smallest absolute Gasteiger partial charge is 0.342 e. The molecule has 3 N–H and O–H groups in total. The van der Waals surface area contributed by atoms with Crippen molar-refractivity contribution in [1.29, 1.82) is 0 Å². The fraction of sp³-hybridized carbons (Fsp3) is 0.556. The number of aromatic nitrogens is 3. The molecular weight excluding hydrogens is 242 g/mol. The highest BCUT2D eigenvalue weighted by molar-refractivity contribution is 5.72. The van der Waals surface area contributed by atoms with E-state index in [1.807, 2.05) is 24.0 Å². The van der Waals surface area contributed by atoms with Crippen LogP contribution in [0, 0.1) is 0 Å². The van der Waals surface area contributed by atoms with Crippen molar-refractivity contribution < 1.29 is 9.90 Å². The molecule has 0 saturated carbocycles. The standard InChI is InChI=1S/C9H15N5O4/c1-13(2)3-4-14(5-6(15)16)7-8(17)10-9(18)12-11-7/h3-5H2,1-2H3,(H,15,16)(H2,10,12,17,18). The third-order valence-electron chi connectivity index (χ3n) is 2.14. The molecule has 0 atom stereocenters. The van der Waals surface area contributed by atoms with Crippen LogP contribution < -0.4 is 16.1 Å². The number of nitrogens with one attached hydrogen (secondary N) is 2. The van der Waals surface area contributed by atoms with Gasteiger partial charge in [0, 0.05) is 13.1 Å². The highest BCUT2D eigenvalue weighted by Crippen LogP contribution is 2.00. The van der Waals surface area contributed by atoms with Crippen LogP contribution >= 0.6 is 0 Å². The number of hydrogen-bond donors (Lipinski definition) is 3. The molecule has 1 rings (SSSR count). The van der Waals surface area contributed by atoms with Crippen molar-refractivity contribution in [1.82, 2.24) is 20.1 Å². The van der Waals surface area contributed by atoms with E-state index in [0.29, 0.717) is 13.1 Å². The number of nitrogens with zero attached hydrogens (tertiary/aromatic N) is 3. The summed E-state index contributed by atoms with van der Waals surface area (Å²) in [6, 6.07) is 0. The summed E-state index contributed by atoms with van der Waals surface area (Å²) in [6.07, 6.45) is 0. The van der Waals surface area contributed by atoms with Gasteiger partial charge in [-0.3, -0.25) is 14.6 Å². The first kappa shape index (κ1) is 13.9. The quantitative estimate of drug-likeness (QED) is 0.534. The summed E-state index contributed by atoms with van der Waals surface area (Å²) in [4.78, 5) is 38.2. The molecule has 0 amide bonds. The van der Waals surface area contributed by atoms with Gasteiger partial charge in [-0.05, 0) is 14.1 Å². The monoisotopic (exact) mass is 257 g/mol. The molecule has 0 aliphatic carbocycles. The molecule has 0 radical (unpaired) electrons. The molecule has 9 heteroatoms. The van der Waals surface area contributed by atoms with Crippen LogP contribution in [0.2, 0.25) is 0 Å². The maximum absolute atomic E-state index is 11.5. The molecule has 0 saturated heterocycles. The molecule has 1 aromatic rings. The lowest BCUT2D eigenvalue weighted by atomic mass is 10.4. The van der Waals surface area contributed by atoms with E-state index >= 15 is 0 Å². The lowest BCUT2D eigenvalue weighted by Crippen LogP contribution is -2.41. The van der Waals surface area contributed by atoms with Gasteiger partial charge in [-0.1, -0.05) is 0 Å². The van der Waals surface area contributed by atoms with Crippen LogP contribution in [0.25, 0.3) is 0 Å². The number of aliphatic carboxylic acids is 1. The number of H-pyrrole nitrogens is 2. The molecule has 0 bridgehead atoms. The Balaban J connectivity index is 2.97. The number of rotatable bonds is 6. The van der Waals surface area contributed by atoms with Gasteiger partial charge in [0.05, 0.1) is 0 Å². The Bertz CT molecular complexity index is 520. The first-order valence-corrected chi connectivity index (χ1v) is 5.20. The second-order valence-corrected chi connectivity index (χ2v) is 3.95. The molecule has 100 valence electrons. The molecule has 18 heavy (non-hydrogen) atoms. The zero-order chi connectivity index (χ0) is 13.7. The molecule has 0 fully saturated rings. The fourth-order valence-corrected chi connectivity index (χ4v) is 1.30. The first-order chi connectivity index (χ1) is 8.40. The van der Waals surface area contributed by atoms with E-state index < -0.39 is 17.2 Å². The summed E-state index contributed by atoms with van der Waals surface area (Å²) in [6.45, 7) is 0.491. The van der Waals surface area contributed by atoms with E-state index in [4.69, 9.17) is 5.11 Å². The second kappa shape index (κ2) is 5.96. The van der Waals surface area contributed by atoms with E-state index in [9.17, 15) is 14.4 Å². The van der Waals surface area contributed by atoms with Crippen molar-refractivity contribution in [2.45, 2.75) is 0 Å². The second-order valence-electron chi connectivity index (χ2n) is 3.95. The van der Waals surface area contributed by atoms with Crippen LogP contribution in [0.3, 0.4) is 0 Å². The number of likely N-dealkylation sites (N-methyl/N-ethyl adjacent to an activating group) is 1. The lowest BCUT2D eigenvalue weighted by Gasteiger charge is -2.22. The molecule has 1 heterocycles. The van der Waals surface area contributed by atoms with E-state index in [-0.39, 0.29) is 12.4 Å². The molecule has 9 nitrogen and oxygen atoms in total. The topological polar surface area (TPSA) is 122 Å². The Morgan fingerprint density at radius 3 is 2.50 bits per heavy atom. The highest BCUT2D eigenvalue weighted by atomic mass is 16.4. The summed E-state index contributed by atoms with van der Waals surface area (Å²) in [5.74, 6) is -1.19. The minimum Gasteiger partial charge on any atom is -0.480 e. The maximum Gasteiger partial charge on any atom is 0.342 e. The summed E-state index contributed by atoms with van der Waals surface area (Å²) in [5, 5.41) is 14.4. The van der Waals surface area contributed by atoms with Crippen molar-refractivity contribution in [3.05, 3.63) is 20.8 Å². The molecular formula is C9H15N5O4. The van der Waals surface area contributed by atoms with Crippen molar-refractivity contribution in [3.8, 4) is 0 Å². The normalized spacial score (nSPS) is 10.6. The summed E-state index contributed by atoms with van der Waals surface area (Å²) in [5.41, 5.74) is -1.44.